The van der Waals surface area contributed by atoms with E-state index in [0.717, 1.165) is 96.0 Å². The maximum Gasteiger partial charge on any atom is 0.305 e. The minimum Gasteiger partial charge on any atom is -0.469 e. The van der Waals surface area contributed by atoms with Crippen LogP contribution in [0.15, 0.2) is 84.1 Å². The Hall–Kier alpha value is -6.88. The molecular weight excluding hydrogens is 1090 g/mol. The van der Waals surface area contributed by atoms with E-state index < -0.39 is 0 Å². The van der Waals surface area contributed by atoms with Crippen LogP contribution in [-0.4, -0.2) is 110 Å². The smallest absolute Gasteiger partial charge is 0.305 e. The molecule has 0 aromatic heterocycles. The Labute approximate surface area is 513 Å². The Bertz CT molecular complexity index is 1840. The van der Waals surface area contributed by atoms with E-state index in [9.17, 15) is 67.1 Å². The van der Waals surface area contributed by atoms with Gasteiger partial charge in [0.05, 0.1) is 20.1 Å². The van der Waals surface area contributed by atoms with Crippen molar-refractivity contribution in [3.63, 3.8) is 0 Å². The molecule has 0 heterocycles. The van der Waals surface area contributed by atoms with Crippen molar-refractivity contribution in [2.24, 2.45) is 0 Å². The van der Waals surface area contributed by atoms with Crippen LogP contribution in [-0.2, 0) is 76.6 Å². The predicted molar refractivity (Wildman–Crippen MR) is 344 cm³/mol. The first-order chi connectivity index (χ1) is 40.5. The van der Waals surface area contributed by atoms with Gasteiger partial charge in [-0.25, -0.2) is 0 Å². The molecule has 17 nitrogen and oxygen atoms in total. The molecule has 0 aliphatic rings. The number of aliphatic hydroxyl groups excluding tert-OH is 1. The number of Topliss-reactive ketones (excluding diaryl/α,β-unsaturated/α-hetero) is 3. The summed E-state index contributed by atoms with van der Waals surface area (Å²) in [5, 5.41) is 8.17. The standard InChI is InChI=1S/C13H22O.C8H14O.C7H10O2.C7H14O.C6H10O2.C6H12O.C6H10O.2C5H8O3.C5H6O2/c1-11(2)7-5-8-12(3)9-6-10-13(4)14;1-2-3-4-5-6-7-8-9;1-2-4-7(9)5-3-6-8;1-3-5-7(8)6-4-2;1-2-6(8)4-3-5-7;1-3-5-6(7)4-2;1-2-3-4-5-6-7;1-8-5(7)3-2-4-6;1-2-5(7)8-4-3-6;1-5(7)3-2-4-6/h7,9H,5-6,8,10H2,1-4H3;6-8H,2-5H2,1H3;3,5-6H,2,4H2,1H3;3-6H2,1-2H3;3-4,7H,2,5H2,1H3;3-5H2,1-2H3;4-6H,2-3H2,1H3;4H,2-3H2,1H3;3H,2,4H2,1H3;2-4H,1H3/b12-9+;7-6+;5-3+;;4-3+;;5-4+;;;3-2+. The average Bonchev–Trinajstić information content (AvgIpc) is 3.47. The first-order valence-corrected chi connectivity index (χ1v) is 29.7. The van der Waals surface area contributed by atoms with E-state index in [1.165, 1.54) is 87.0 Å². The lowest BCUT2D eigenvalue weighted by Crippen LogP contribution is -2.03. The second-order valence-corrected chi connectivity index (χ2v) is 17.9. The number of methoxy groups -OCH3 is 1. The molecule has 0 fully saturated rings. The highest BCUT2D eigenvalue weighted by atomic mass is 16.5. The second kappa shape index (κ2) is 96.3. The topological polar surface area (TPSA) is 278 Å². The lowest BCUT2D eigenvalue weighted by atomic mass is 10.1. The summed E-state index contributed by atoms with van der Waals surface area (Å²) >= 11 is 0. The van der Waals surface area contributed by atoms with E-state index >= 15 is 0 Å². The molecule has 0 aliphatic heterocycles. The summed E-state index contributed by atoms with van der Waals surface area (Å²) in [5.41, 5.74) is 2.77. The van der Waals surface area contributed by atoms with Gasteiger partial charge in [-0.05, 0) is 141 Å². The summed E-state index contributed by atoms with van der Waals surface area (Å²) in [6, 6.07) is 0. The number of carbonyl (C=O) groups excluding carboxylic acids is 14. The number of carbonyl (C=O) groups is 14. The molecule has 0 aromatic carbocycles. The number of ether oxygens (including phenoxy) is 2. The van der Waals surface area contributed by atoms with Crippen LogP contribution >= 0.6 is 0 Å². The van der Waals surface area contributed by atoms with E-state index in [1.54, 1.807) is 26.8 Å². The Kier molecular flexibility index (Phi) is 113. The predicted octanol–water partition coefficient (Wildman–Crippen LogP) is 14.1. The normalized spacial score (nSPS) is 9.67. The van der Waals surface area contributed by atoms with Crippen molar-refractivity contribution in [1.29, 1.82) is 0 Å². The molecule has 0 radical (unpaired) electrons. The van der Waals surface area contributed by atoms with Crippen molar-refractivity contribution in [3.05, 3.63) is 84.1 Å². The lowest BCUT2D eigenvalue weighted by Gasteiger charge is -1.98. The highest BCUT2D eigenvalue weighted by molar-refractivity contribution is 5.92. The van der Waals surface area contributed by atoms with E-state index in [4.69, 9.17) is 5.11 Å². The van der Waals surface area contributed by atoms with Crippen LogP contribution < -0.4 is 0 Å². The van der Waals surface area contributed by atoms with Crippen molar-refractivity contribution in [2.45, 2.75) is 245 Å². The molecule has 0 amide bonds. The van der Waals surface area contributed by atoms with Crippen LogP contribution in [0.25, 0.3) is 0 Å². The zero-order valence-corrected chi connectivity index (χ0v) is 55.0. The van der Waals surface area contributed by atoms with Gasteiger partial charge >= 0.3 is 11.9 Å². The third-order valence-corrected chi connectivity index (χ3v) is 9.24. The number of aliphatic hydroxyl groups is 1. The van der Waals surface area contributed by atoms with Crippen molar-refractivity contribution < 1.29 is 81.7 Å². The summed E-state index contributed by atoms with van der Waals surface area (Å²) in [5.74, 6) is 0.362. The van der Waals surface area contributed by atoms with Crippen LogP contribution in [0.4, 0.5) is 0 Å². The molecule has 0 saturated carbocycles. The minimum absolute atomic E-state index is 0.0181. The molecule has 1 N–H and O–H groups in total. The number of esters is 2. The third kappa shape index (κ3) is 143. The molecule has 0 aromatic rings. The highest BCUT2D eigenvalue weighted by Gasteiger charge is 1.97. The van der Waals surface area contributed by atoms with Crippen LogP contribution in [0.5, 0.6) is 0 Å². The van der Waals surface area contributed by atoms with Gasteiger partial charge in [0.1, 0.15) is 55.4 Å². The molecule has 0 spiro atoms. The van der Waals surface area contributed by atoms with Gasteiger partial charge in [0.15, 0.2) is 23.6 Å². The molecule has 17 heteroatoms. The zero-order chi connectivity index (χ0) is 67.6. The first kappa shape index (κ1) is 100. The summed E-state index contributed by atoms with van der Waals surface area (Å²) in [4.78, 5) is 141. The first-order valence-electron chi connectivity index (χ1n) is 29.7. The van der Waals surface area contributed by atoms with Crippen molar-refractivity contribution in [2.75, 3.05) is 20.3 Å². The molecule has 0 rings (SSSR count). The Morgan fingerprint density at radius 1 is 0.412 bits per heavy atom. The third-order valence-electron chi connectivity index (χ3n) is 9.24. The molecule has 0 saturated heterocycles. The van der Waals surface area contributed by atoms with Crippen molar-refractivity contribution in [3.8, 4) is 0 Å². The van der Waals surface area contributed by atoms with E-state index in [2.05, 4.69) is 56.2 Å². The Morgan fingerprint density at radius 2 is 0.918 bits per heavy atom. The molecule has 0 aliphatic carbocycles. The van der Waals surface area contributed by atoms with Gasteiger partial charge in [-0.2, -0.15) is 0 Å². The van der Waals surface area contributed by atoms with Gasteiger partial charge < -0.3 is 24.2 Å². The number of hydrogen-bond donors (Lipinski definition) is 1. The maximum atomic E-state index is 10.7. The number of aldehydes is 6. The fraction of sp³-hybridized carbons (Fsp3) is 0.588. The van der Waals surface area contributed by atoms with Crippen molar-refractivity contribution >= 4 is 84.4 Å². The largest absolute Gasteiger partial charge is 0.469 e. The Balaban J connectivity index is -0.0000000926. The van der Waals surface area contributed by atoms with E-state index in [1.807, 2.05) is 46.8 Å². The van der Waals surface area contributed by atoms with Gasteiger partial charge in [0.25, 0.3) is 0 Å². The van der Waals surface area contributed by atoms with E-state index in [0.29, 0.717) is 68.8 Å². The van der Waals surface area contributed by atoms with Crippen molar-refractivity contribution in [1.82, 2.24) is 0 Å². The van der Waals surface area contributed by atoms with E-state index in [-0.39, 0.29) is 61.1 Å². The molecule has 85 heavy (non-hydrogen) atoms. The highest BCUT2D eigenvalue weighted by Crippen LogP contribution is 2.08. The summed E-state index contributed by atoms with van der Waals surface area (Å²) in [6.45, 7) is 26.9. The zero-order valence-electron chi connectivity index (χ0n) is 55.0. The maximum absolute atomic E-state index is 10.7. The molecule has 0 unspecified atom stereocenters. The lowest BCUT2D eigenvalue weighted by molar-refractivity contribution is -0.145. The monoisotopic (exact) mass is 1200 g/mol. The fourth-order valence-corrected chi connectivity index (χ4v) is 4.79. The molecule has 0 bridgehead atoms. The van der Waals surface area contributed by atoms with Crippen LogP contribution in [0.1, 0.15) is 245 Å². The van der Waals surface area contributed by atoms with Gasteiger partial charge in [-0.15, -0.1) is 0 Å². The van der Waals surface area contributed by atoms with Crippen LogP contribution in [0.3, 0.4) is 0 Å². The number of rotatable bonds is 36. The number of hydrogen-bond acceptors (Lipinski definition) is 17. The summed E-state index contributed by atoms with van der Waals surface area (Å²) < 4.78 is 8.59. The van der Waals surface area contributed by atoms with Gasteiger partial charge in [0.2, 0.25) is 0 Å². The van der Waals surface area contributed by atoms with Crippen LogP contribution in [0, 0.1) is 0 Å². The number of allylic oxidation sites excluding steroid dienone is 13. The second-order valence-electron chi connectivity index (χ2n) is 17.9. The van der Waals surface area contributed by atoms with Gasteiger partial charge in [-0.1, -0.05) is 123 Å². The quantitative estimate of drug-likeness (QED) is 0.0201. The fourth-order valence-electron chi connectivity index (χ4n) is 4.79. The van der Waals surface area contributed by atoms with Gasteiger partial charge in [0, 0.05) is 57.8 Å². The molecule has 488 valence electrons. The van der Waals surface area contributed by atoms with Gasteiger partial charge in [-0.3, -0.25) is 57.5 Å². The summed E-state index contributed by atoms with van der Waals surface area (Å²) in [7, 11) is 1.30. The molecule has 0 atom stereocenters. The van der Waals surface area contributed by atoms with Crippen LogP contribution in [0.2, 0.25) is 0 Å². The molecular formula is C68H114O17. The number of unbranched alkanes of at least 4 members (excludes halogenated alkanes) is 4. The number of ketones is 6. The summed E-state index contributed by atoms with van der Waals surface area (Å²) in [6.07, 6.45) is 42.5. The SMILES string of the molecule is CC(=O)/C=C/C=O.CC(=O)CC/C=C(\C)CCC=C(C)C.CCC(=O)/C=C/CO.CCC(=O)OCC=O.CCC/C=C/C=O.CCCC(=O)/C=C/C=O.CCCC(=O)CC.CCCC(=O)CCC.CCCCC/C=C/C=O.COC(=O)CCC=O. The average molecular weight is 1200 g/mol. The Morgan fingerprint density at radius 3 is 1.28 bits per heavy atom. The minimum atomic E-state index is -0.336.